The standard InChI is InChI=1S/C18H25N3O4/c1-3-25-16(22)12-20-17(23)15(11-14-7-5-4-6-8-14)21-10-9-19-13(2)18(21)24/h4-8,13,15,19H,3,9-12H2,1-2H3,(H,20,23)/t13-,15-/m1/s1. The first-order chi connectivity index (χ1) is 12.0. The van der Waals surface area contributed by atoms with Crippen LogP contribution in [0.4, 0.5) is 0 Å². The average Bonchev–Trinajstić information content (AvgIpc) is 2.61. The number of ether oxygens (including phenoxy) is 1. The largest absolute Gasteiger partial charge is 0.465 e. The molecule has 7 heteroatoms. The van der Waals surface area contributed by atoms with Crippen molar-refractivity contribution in [1.29, 1.82) is 0 Å². The molecule has 1 aliphatic rings. The Morgan fingerprint density at radius 2 is 2.08 bits per heavy atom. The minimum Gasteiger partial charge on any atom is -0.465 e. The van der Waals surface area contributed by atoms with Gasteiger partial charge in [0.1, 0.15) is 12.6 Å². The summed E-state index contributed by atoms with van der Waals surface area (Å²) in [6.45, 7) is 4.63. The minimum absolute atomic E-state index is 0.113. The van der Waals surface area contributed by atoms with Gasteiger partial charge in [-0.2, -0.15) is 0 Å². The predicted octanol–water partition coefficient (Wildman–Crippen LogP) is 0.0973. The molecule has 25 heavy (non-hydrogen) atoms. The van der Waals surface area contributed by atoms with E-state index in [9.17, 15) is 14.4 Å². The quantitative estimate of drug-likeness (QED) is 0.683. The molecule has 1 fully saturated rings. The van der Waals surface area contributed by atoms with E-state index >= 15 is 0 Å². The number of rotatable bonds is 7. The number of nitrogens with one attached hydrogen (secondary N) is 2. The van der Waals surface area contributed by atoms with Crippen LogP contribution in [0.2, 0.25) is 0 Å². The Morgan fingerprint density at radius 1 is 1.36 bits per heavy atom. The van der Waals surface area contributed by atoms with E-state index in [1.165, 1.54) is 0 Å². The van der Waals surface area contributed by atoms with Gasteiger partial charge >= 0.3 is 5.97 Å². The SMILES string of the molecule is CCOC(=O)CNC(=O)[C@@H](Cc1ccccc1)N1CCN[C@H](C)C1=O. The fourth-order valence-corrected chi connectivity index (χ4v) is 2.83. The Hall–Kier alpha value is -2.41. The smallest absolute Gasteiger partial charge is 0.325 e. The van der Waals surface area contributed by atoms with E-state index in [1.54, 1.807) is 18.7 Å². The van der Waals surface area contributed by atoms with Gasteiger partial charge in [0.15, 0.2) is 0 Å². The molecule has 1 heterocycles. The second kappa shape index (κ2) is 9.17. The van der Waals surface area contributed by atoms with Gasteiger partial charge in [0, 0.05) is 19.5 Å². The van der Waals surface area contributed by atoms with E-state index in [-0.39, 0.29) is 31.0 Å². The molecule has 0 bridgehead atoms. The van der Waals surface area contributed by atoms with Crippen LogP contribution in [-0.4, -0.2) is 61.0 Å². The monoisotopic (exact) mass is 347 g/mol. The van der Waals surface area contributed by atoms with Crippen LogP contribution >= 0.6 is 0 Å². The van der Waals surface area contributed by atoms with Crippen LogP contribution in [0.15, 0.2) is 30.3 Å². The van der Waals surface area contributed by atoms with E-state index in [2.05, 4.69) is 10.6 Å². The zero-order valence-corrected chi connectivity index (χ0v) is 14.7. The molecule has 2 N–H and O–H groups in total. The summed E-state index contributed by atoms with van der Waals surface area (Å²) < 4.78 is 4.83. The molecule has 2 rings (SSSR count). The topological polar surface area (TPSA) is 87.7 Å². The van der Waals surface area contributed by atoms with Crippen molar-refractivity contribution in [2.75, 3.05) is 26.2 Å². The lowest BCUT2D eigenvalue weighted by molar-refractivity contribution is -0.146. The second-order valence-electron chi connectivity index (χ2n) is 5.94. The van der Waals surface area contributed by atoms with E-state index in [1.807, 2.05) is 30.3 Å². The molecule has 2 atom stereocenters. The lowest BCUT2D eigenvalue weighted by Gasteiger charge is -2.37. The molecule has 136 valence electrons. The van der Waals surface area contributed by atoms with Gasteiger partial charge in [0.05, 0.1) is 12.6 Å². The summed E-state index contributed by atoms with van der Waals surface area (Å²) in [6, 6.07) is 8.54. The van der Waals surface area contributed by atoms with Crippen molar-refractivity contribution in [1.82, 2.24) is 15.5 Å². The maximum atomic E-state index is 12.7. The Bertz CT molecular complexity index is 606. The second-order valence-corrected chi connectivity index (χ2v) is 5.94. The molecular weight excluding hydrogens is 322 g/mol. The number of hydrogen-bond donors (Lipinski definition) is 2. The number of hydrogen-bond acceptors (Lipinski definition) is 5. The van der Waals surface area contributed by atoms with Crippen molar-refractivity contribution in [2.24, 2.45) is 0 Å². The van der Waals surface area contributed by atoms with Gasteiger partial charge in [-0.3, -0.25) is 14.4 Å². The van der Waals surface area contributed by atoms with Crippen LogP contribution in [-0.2, 0) is 25.5 Å². The van der Waals surface area contributed by atoms with Gasteiger partial charge in [0.2, 0.25) is 11.8 Å². The van der Waals surface area contributed by atoms with Crippen LogP contribution < -0.4 is 10.6 Å². The van der Waals surface area contributed by atoms with Crippen LogP contribution in [0.3, 0.4) is 0 Å². The molecule has 1 saturated heterocycles. The molecule has 7 nitrogen and oxygen atoms in total. The third kappa shape index (κ3) is 5.29. The number of nitrogens with zero attached hydrogens (tertiary/aromatic N) is 1. The van der Waals surface area contributed by atoms with Gasteiger partial charge in [0.25, 0.3) is 0 Å². The van der Waals surface area contributed by atoms with Crippen molar-refractivity contribution in [2.45, 2.75) is 32.4 Å². The van der Waals surface area contributed by atoms with Gasteiger partial charge in [-0.1, -0.05) is 30.3 Å². The third-order valence-corrected chi connectivity index (χ3v) is 4.12. The Balaban J connectivity index is 2.12. The molecule has 1 aliphatic heterocycles. The first-order valence-electron chi connectivity index (χ1n) is 8.54. The van der Waals surface area contributed by atoms with Gasteiger partial charge in [-0.15, -0.1) is 0 Å². The fraction of sp³-hybridized carbons (Fsp3) is 0.500. The molecule has 1 aromatic rings. The van der Waals surface area contributed by atoms with Crippen molar-refractivity contribution < 1.29 is 19.1 Å². The third-order valence-electron chi connectivity index (χ3n) is 4.12. The Morgan fingerprint density at radius 3 is 2.76 bits per heavy atom. The number of piperazine rings is 1. The van der Waals surface area contributed by atoms with Gasteiger partial charge in [-0.05, 0) is 19.4 Å². The van der Waals surface area contributed by atoms with Crippen LogP contribution in [0, 0.1) is 0 Å². The number of benzene rings is 1. The normalized spacial score (nSPS) is 18.6. The Labute approximate surface area is 147 Å². The number of amides is 2. The molecule has 0 aliphatic carbocycles. The lowest BCUT2D eigenvalue weighted by atomic mass is 10.0. The highest BCUT2D eigenvalue weighted by Gasteiger charge is 2.34. The van der Waals surface area contributed by atoms with Crippen molar-refractivity contribution >= 4 is 17.8 Å². The zero-order chi connectivity index (χ0) is 18.2. The van der Waals surface area contributed by atoms with Crippen molar-refractivity contribution in [3.63, 3.8) is 0 Å². The van der Waals surface area contributed by atoms with Gasteiger partial charge < -0.3 is 20.3 Å². The number of carbonyl (C=O) groups is 3. The maximum absolute atomic E-state index is 12.7. The highest BCUT2D eigenvalue weighted by Crippen LogP contribution is 2.13. The first kappa shape index (κ1) is 18.9. The summed E-state index contributed by atoms with van der Waals surface area (Å²) in [7, 11) is 0. The molecule has 0 aromatic heterocycles. The minimum atomic E-state index is -0.658. The summed E-state index contributed by atoms with van der Waals surface area (Å²) in [4.78, 5) is 38.3. The van der Waals surface area contributed by atoms with Crippen LogP contribution in [0.25, 0.3) is 0 Å². The number of esters is 1. The highest BCUT2D eigenvalue weighted by atomic mass is 16.5. The molecule has 2 amide bonds. The molecule has 1 aromatic carbocycles. The molecule has 0 saturated carbocycles. The van der Waals surface area contributed by atoms with E-state index in [0.717, 1.165) is 5.56 Å². The van der Waals surface area contributed by atoms with Crippen molar-refractivity contribution in [3.05, 3.63) is 35.9 Å². The molecular formula is C18H25N3O4. The summed E-state index contributed by atoms with van der Waals surface area (Å²) >= 11 is 0. The van der Waals surface area contributed by atoms with Gasteiger partial charge in [-0.25, -0.2) is 0 Å². The molecule has 0 spiro atoms. The fourth-order valence-electron chi connectivity index (χ4n) is 2.83. The van der Waals surface area contributed by atoms with Crippen molar-refractivity contribution in [3.8, 4) is 0 Å². The van der Waals surface area contributed by atoms with E-state index in [0.29, 0.717) is 19.5 Å². The zero-order valence-electron chi connectivity index (χ0n) is 14.7. The summed E-state index contributed by atoms with van der Waals surface area (Å²) in [6.07, 6.45) is 0.397. The summed E-state index contributed by atoms with van der Waals surface area (Å²) in [5.74, 6) is -0.952. The highest BCUT2D eigenvalue weighted by molar-refractivity contribution is 5.91. The number of carbonyl (C=O) groups excluding carboxylic acids is 3. The van der Waals surface area contributed by atoms with Crippen LogP contribution in [0.5, 0.6) is 0 Å². The van der Waals surface area contributed by atoms with E-state index in [4.69, 9.17) is 4.74 Å². The first-order valence-corrected chi connectivity index (χ1v) is 8.54. The molecule has 0 unspecified atom stereocenters. The Kier molecular flexibility index (Phi) is 6.94. The van der Waals surface area contributed by atoms with Crippen LogP contribution in [0.1, 0.15) is 19.4 Å². The summed E-state index contributed by atoms with van der Waals surface area (Å²) in [5.41, 5.74) is 0.956. The summed E-state index contributed by atoms with van der Waals surface area (Å²) in [5, 5.41) is 5.68. The maximum Gasteiger partial charge on any atom is 0.325 e. The lowest BCUT2D eigenvalue weighted by Crippen LogP contribution is -2.61. The average molecular weight is 347 g/mol. The van der Waals surface area contributed by atoms with E-state index < -0.39 is 12.0 Å². The predicted molar refractivity (Wildman–Crippen MR) is 92.8 cm³/mol. The molecule has 0 radical (unpaired) electrons.